The lowest BCUT2D eigenvalue weighted by molar-refractivity contribution is -0.115. The first-order chi connectivity index (χ1) is 13.1. The zero-order valence-electron chi connectivity index (χ0n) is 14.2. The molecule has 1 amide bonds. The molecule has 0 saturated carbocycles. The van der Waals surface area contributed by atoms with Crippen molar-refractivity contribution in [2.45, 2.75) is 11.6 Å². The molecule has 27 heavy (non-hydrogen) atoms. The average Bonchev–Trinajstić information content (AvgIpc) is 2.63. The summed E-state index contributed by atoms with van der Waals surface area (Å²) in [7, 11) is 0. The van der Waals surface area contributed by atoms with E-state index in [2.05, 4.69) is 15.3 Å². The normalized spacial score (nSPS) is 10.4. The van der Waals surface area contributed by atoms with E-state index < -0.39 is 5.56 Å². The van der Waals surface area contributed by atoms with Gasteiger partial charge in [-0.25, -0.2) is 0 Å². The van der Waals surface area contributed by atoms with Gasteiger partial charge in [-0.1, -0.05) is 30.0 Å². The van der Waals surface area contributed by atoms with Crippen LogP contribution in [0, 0.1) is 0 Å². The smallest absolute Gasteiger partial charge is 0.255 e. The van der Waals surface area contributed by atoms with E-state index >= 15 is 0 Å². The number of anilines is 1. The minimum absolute atomic E-state index is 0.165. The summed E-state index contributed by atoms with van der Waals surface area (Å²) in [5.41, 5.74) is 0.224. The molecule has 0 aliphatic heterocycles. The van der Waals surface area contributed by atoms with Crippen molar-refractivity contribution in [3.05, 3.63) is 71.0 Å². The third kappa shape index (κ3) is 5.89. The summed E-state index contributed by atoms with van der Waals surface area (Å²) in [6, 6.07) is 17.5. The van der Waals surface area contributed by atoms with E-state index in [4.69, 9.17) is 4.74 Å². The van der Waals surface area contributed by atoms with Crippen LogP contribution in [0.15, 0.2) is 70.6 Å². The van der Waals surface area contributed by atoms with Crippen molar-refractivity contribution in [1.82, 2.24) is 9.97 Å². The van der Waals surface area contributed by atoms with Crippen LogP contribution in [0.3, 0.4) is 0 Å². The number of carbonyl (C=O) groups excluding carboxylic acids is 1. The molecule has 2 aromatic carbocycles. The lowest BCUT2D eigenvalue weighted by atomic mass is 10.3. The Hall–Kier alpha value is -3.26. The molecular weight excluding hydrogens is 366 g/mol. The van der Waals surface area contributed by atoms with Gasteiger partial charge in [-0.3, -0.25) is 9.59 Å². The zero-order valence-corrected chi connectivity index (χ0v) is 15.0. The summed E-state index contributed by atoms with van der Waals surface area (Å²) < 4.78 is 5.70. The minimum Gasteiger partial charge on any atom is -0.493 e. The van der Waals surface area contributed by atoms with Crippen LogP contribution in [0.1, 0.15) is 6.42 Å². The molecule has 1 heterocycles. The molecule has 8 heteroatoms. The number of aromatic amines is 1. The molecule has 0 fully saturated rings. The molecule has 0 radical (unpaired) electrons. The van der Waals surface area contributed by atoms with Gasteiger partial charge in [0.25, 0.3) is 5.56 Å². The van der Waals surface area contributed by atoms with E-state index in [-0.39, 0.29) is 23.4 Å². The highest BCUT2D eigenvalue weighted by Crippen LogP contribution is 2.23. The molecule has 3 N–H and O–H groups in total. The predicted octanol–water partition coefficient (Wildman–Crippen LogP) is 3.39. The molecule has 0 unspecified atom stereocenters. The van der Waals surface area contributed by atoms with Gasteiger partial charge in [-0.2, -0.15) is 4.98 Å². The average molecular weight is 383 g/mol. The molecule has 138 valence electrons. The Morgan fingerprint density at radius 2 is 1.81 bits per heavy atom. The molecule has 7 nitrogen and oxygen atoms in total. The Balaban J connectivity index is 1.47. The van der Waals surface area contributed by atoms with Crippen LogP contribution in [0.5, 0.6) is 17.4 Å². The number of aromatic nitrogens is 2. The quantitative estimate of drug-likeness (QED) is 0.427. The number of aromatic hydroxyl groups is 1. The van der Waals surface area contributed by atoms with Gasteiger partial charge in [0.1, 0.15) is 11.5 Å². The number of amides is 1. The van der Waals surface area contributed by atoms with Crippen LogP contribution in [-0.4, -0.2) is 26.7 Å². The molecule has 0 saturated heterocycles. The lowest BCUT2D eigenvalue weighted by Crippen LogP contribution is -2.12. The second kappa shape index (κ2) is 8.91. The van der Waals surface area contributed by atoms with Crippen molar-refractivity contribution in [3.63, 3.8) is 0 Å². The number of hydrogen-bond acceptors (Lipinski definition) is 6. The van der Waals surface area contributed by atoms with E-state index in [9.17, 15) is 14.7 Å². The third-order valence-corrected chi connectivity index (χ3v) is 4.27. The molecule has 3 aromatic rings. The maximum atomic E-state index is 12.0. The van der Waals surface area contributed by atoms with Crippen molar-refractivity contribution in [1.29, 1.82) is 0 Å². The minimum atomic E-state index is -0.438. The zero-order chi connectivity index (χ0) is 19.1. The van der Waals surface area contributed by atoms with Crippen molar-refractivity contribution in [2.24, 2.45) is 0 Å². The van der Waals surface area contributed by atoms with Crippen molar-refractivity contribution < 1.29 is 14.6 Å². The van der Waals surface area contributed by atoms with Crippen LogP contribution >= 0.6 is 11.8 Å². The first-order valence-corrected chi connectivity index (χ1v) is 9.13. The fraction of sp³-hybridized carbons (Fsp3) is 0.105. The SMILES string of the molecule is O=C(CCSc1nc(O)cc(=O)[nH]1)Nc1ccc(Oc2ccccc2)cc1. The summed E-state index contributed by atoms with van der Waals surface area (Å²) in [6.45, 7) is 0. The number of H-pyrrole nitrogens is 1. The van der Waals surface area contributed by atoms with Crippen LogP contribution in [0.25, 0.3) is 0 Å². The fourth-order valence-electron chi connectivity index (χ4n) is 2.19. The van der Waals surface area contributed by atoms with Gasteiger partial charge >= 0.3 is 0 Å². The molecule has 3 rings (SSSR count). The molecule has 1 aromatic heterocycles. The van der Waals surface area contributed by atoms with E-state index in [1.807, 2.05) is 30.3 Å². The van der Waals surface area contributed by atoms with Crippen LogP contribution in [-0.2, 0) is 4.79 Å². The van der Waals surface area contributed by atoms with E-state index in [0.717, 1.165) is 11.8 Å². The highest BCUT2D eigenvalue weighted by Gasteiger charge is 2.06. The van der Waals surface area contributed by atoms with Gasteiger partial charge in [-0.15, -0.1) is 0 Å². The van der Waals surface area contributed by atoms with Gasteiger partial charge < -0.3 is 20.1 Å². The number of benzene rings is 2. The molecule has 0 atom stereocenters. The topological polar surface area (TPSA) is 104 Å². The largest absolute Gasteiger partial charge is 0.493 e. The lowest BCUT2D eigenvalue weighted by Gasteiger charge is -2.08. The van der Waals surface area contributed by atoms with Crippen LogP contribution < -0.4 is 15.6 Å². The molecule has 0 bridgehead atoms. The predicted molar refractivity (Wildman–Crippen MR) is 103 cm³/mol. The number of para-hydroxylation sites is 1. The van der Waals surface area contributed by atoms with Crippen molar-refractivity contribution in [2.75, 3.05) is 11.1 Å². The number of rotatable bonds is 7. The van der Waals surface area contributed by atoms with Gasteiger partial charge in [0.15, 0.2) is 5.16 Å². The third-order valence-electron chi connectivity index (χ3n) is 3.39. The monoisotopic (exact) mass is 383 g/mol. The summed E-state index contributed by atoms with van der Waals surface area (Å²) in [6.07, 6.45) is 0.228. The summed E-state index contributed by atoms with van der Waals surface area (Å²) >= 11 is 1.18. The number of nitrogens with one attached hydrogen (secondary N) is 2. The number of carbonyl (C=O) groups is 1. The van der Waals surface area contributed by atoms with Crippen molar-refractivity contribution >= 4 is 23.4 Å². The van der Waals surface area contributed by atoms with Crippen molar-refractivity contribution in [3.8, 4) is 17.4 Å². The molecular formula is C19H17N3O4S. The Bertz CT molecular complexity index is 959. The Morgan fingerprint density at radius 3 is 2.52 bits per heavy atom. The highest BCUT2D eigenvalue weighted by atomic mass is 32.2. The Kier molecular flexibility index (Phi) is 6.11. The number of nitrogens with zero attached hydrogens (tertiary/aromatic N) is 1. The van der Waals surface area contributed by atoms with Gasteiger partial charge in [0, 0.05) is 17.9 Å². The fourth-order valence-corrected chi connectivity index (χ4v) is 3.00. The van der Waals surface area contributed by atoms with Gasteiger partial charge in [0.05, 0.1) is 6.07 Å². The Morgan fingerprint density at radius 1 is 1.11 bits per heavy atom. The first kappa shape index (κ1) is 18.5. The number of ether oxygens (including phenoxy) is 1. The second-order valence-corrected chi connectivity index (χ2v) is 6.58. The summed E-state index contributed by atoms with van der Waals surface area (Å²) in [5.74, 6) is 1.32. The van der Waals surface area contributed by atoms with E-state index in [1.165, 1.54) is 11.8 Å². The van der Waals surface area contributed by atoms with Crippen LogP contribution in [0.2, 0.25) is 0 Å². The second-order valence-electron chi connectivity index (χ2n) is 5.49. The highest BCUT2D eigenvalue weighted by molar-refractivity contribution is 7.99. The van der Waals surface area contributed by atoms with Crippen LogP contribution in [0.4, 0.5) is 5.69 Å². The van der Waals surface area contributed by atoms with E-state index in [1.54, 1.807) is 24.3 Å². The number of thioether (sulfide) groups is 1. The van der Waals surface area contributed by atoms with Gasteiger partial charge in [0.2, 0.25) is 11.8 Å². The standard InChI is InChI=1S/C19H17N3O4S/c23-16(10-11-27-19-21-17(24)12-18(25)22-19)20-13-6-8-15(9-7-13)26-14-4-2-1-3-5-14/h1-9,12H,10-11H2,(H,20,23)(H2,21,22,24,25). The maximum Gasteiger partial charge on any atom is 0.255 e. The van der Waals surface area contributed by atoms with E-state index in [0.29, 0.717) is 17.2 Å². The first-order valence-electron chi connectivity index (χ1n) is 8.14. The molecule has 0 aliphatic carbocycles. The van der Waals surface area contributed by atoms with Gasteiger partial charge in [-0.05, 0) is 36.4 Å². The maximum absolute atomic E-state index is 12.0. The molecule has 0 aliphatic rings. The number of hydrogen-bond donors (Lipinski definition) is 3. The summed E-state index contributed by atoms with van der Waals surface area (Å²) in [4.78, 5) is 29.5. The Labute approximate surface area is 159 Å². The summed E-state index contributed by atoms with van der Waals surface area (Å²) in [5, 5.41) is 12.3. The molecule has 0 spiro atoms.